The Morgan fingerprint density at radius 3 is 2.64 bits per heavy atom. The van der Waals surface area contributed by atoms with E-state index in [0.29, 0.717) is 11.7 Å². The molecule has 2 aliphatic rings. The monoisotopic (exact) mass is 344 g/mol. The number of nitrogens with one attached hydrogen (secondary N) is 1. The molecule has 0 radical (unpaired) electrons. The number of aromatic nitrogens is 1. The van der Waals surface area contributed by atoms with Gasteiger partial charge >= 0.3 is 0 Å². The fraction of sp³-hybridized carbons (Fsp3) is 0.632. The number of anilines is 1. The van der Waals surface area contributed by atoms with Crippen molar-refractivity contribution < 1.29 is 9.59 Å². The number of nitrogens with zero attached hydrogens (tertiary/aromatic N) is 3. The van der Waals surface area contributed by atoms with Gasteiger partial charge in [0.25, 0.3) is 0 Å². The van der Waals surface area contributed by atoms with E-state index in [2.05, 4.69) is 15.2 Å². The van der Waals surface area contributed by atoms with Gasteiger partial charge in [-0.1, -0.05) is 6.07 Å². The number of aryl methyl sites for hydroxylation is 1. The lowest BCUT2D eigenvalue weighted by atomic mass is 9.96. The molecular weight excluding hydrogens is 316 g/mol. The lowest BCUT2D eigenvalue weighted by Crippen LogP contribution is -2.45. The number of hydrogen-bond donors (Lipinski definition) is 1. The maximum Gasteiger partial charge on any atom is 0.242 e. The zero-order valence-corrected chi connectivity index (χ0v) is 15.2. The normalized spacial score (nSPS) is 22.2. The molecule has 2 amide bonds. The third-order valence-corrected chi connectivity index (χ3v) is 5.36. The molecule has 1 aromatic rings. The summed E-state index contributed by atoms with van der Waals surface area (Å²) in [6.45, 7) is 7.18. The second-order valence-corrected chi connectivity index (χ2v) is 7.26. The lowest BCUT2D eigenvalue weighted by molar-refractivity contribution is -0.130. The third kappa shape index (κ3) is 4.57. The zero-order chi connectivity index (χ0) is 17.8. The Morgan fingerprint density at radius 1 is 1.20 bits per heavy atom. The van der Waals surface area contributed by atoms with Crippen LogP contribution in [0.25, 0.3) is 0 Å². The number of carbonyl (C=O) groups is 2. The van der Waals surface area contributed by atoms with E-state index in [1.54, 1.807) is 6.92 Å². The van der Waals surface area contributed by atoms with Crippen LogP contribution in [0.15, 0.2) is 18.2 Å². The maximum absolute atomic E-state index is 12.7. The van der Waals surface area contributed by atoms with E-state index in [1.165, 1.54) is 0 Å². The Hall–Kier alpha value is -1.95. The zero-order valence-electron chi connectivity index (χ0n) is 15.2. The molecule has 1 atom stereocenters. The van der Waals surface area contributed by atoms with Crippen molar-refractivity contribution in [1.82, 2.24) is 14.8 Å². The van der Waals surface area contributed by atoms with Gasteiger partial charge in [0.2, 0.25) is 11.8 Å². The van der Waals surface area contributed by atoms with Gasteiger partial charge in [-0.15, -0.1) is 0 Å². The largest absolute Gasteiger partial charge is 0.343 e. The molecule has 0 unspecified atom stereocenters. The fourth-order valence-corrected chi connectivity index (χ4v) is 3.93. The van der Waals surface area contributed by atoms with Crippen LogP contribution in [-0.4, -0.2) is 58.8 Å². The first-order valence-corrected chi connectivity index (χ1v) is 9.27. The molecule has 136 valence electrons. The Bertz CT molecular complexity index is 626. The molecule has 1 N–H and O–H groups in total. The Morgan fingerprint density at radius 2 is 1.96 bits per heavy atom. The van der Waals surface area contributed by atoms with Crippen molar-refractivity contribution in [1.29, 1.82) is 0 Å². The maximum atomic E-state index is 12.7. The summed E-state index contributed by atoms with van der Waals surface area (Å²) in [6, 6.07) is 5.60. The summed E-state index contributed by atoms with van der Waals surface area (Å²) >= 11 is 0. The molecule has 0 bridgehead atoms. The van der Waals surface area contributed by atoms with E-state index in [4.69, 9.17) is 0 Å². The highest BCUT2D eigenvalue weighted by Crippen LogP contribution is 2.24. The van der Waals surface area contributed by atoms with Crippen molar-refractivity contribution in [3.05, 3.63) is 23.9 Å². The molecule has 3 heterocycles. The van der Waals surface area contributed by atoms with Gasteiger partial charge in [0.15, 0.2) is 0 Å². The summed E-state index contributed by atoms with van der Waals surface area (Å²) in [5.74, 6) is 1.42. The summed E-state index contributed by atoms with van der Waals surface area (Å²) in [4.78, 5) is 32.7. The summed E-state index contributed by atoms with van der Waals surface area (Å²) < 4.78 is 0. The second kappa shape index (κ2) is 7.95. The molecular formula is C19H28N4O2. The summed E-state index contributed by atoms with van der Waals surface area (Å²) in [5.41, 5.74) is 0.901. The topological polar surface area (TPSA) is 65.5 Å². The van der Waals surface area contributed by atoms with Crippen molar-refractivity contribution in [2.75, 3.05) is 31.5 Å². The number of piperidine rings is 1. The number of amides is 2. The molecule has 6 nitrogen and oxygen atoms in total. The van der Waals surface area contributed by atoms with Gasteiger partial charge in [0.1, 0.15) is 5.82 Å². The van der Waals surface area contributed by atoms with Crippen LogP contribution >= 0.6 is 0 Å². The quantitative estimate of drug-likeness (QED) is 0.908. The molecule has 2 saturated heterocycles. The van der Waals surface area contributed by atoms with E-state index >= 15 is 0 Å². The van der Waals surface area contributed by atoms with Crippen molar-refractivity contribution >= 4 is 17.6 Å². The minimum absolute atomic E-state index is 0.0526. The van der Waals surface area contributed by atoms with Gasteiger partial charge in [0, 0.05) is 32.3 Å². The van der Waals surface area contributed by atoms with Gasteiger partial charge in [0.05, 0.1) is 6.04 Å². The Labute approximate surface area is 149 Å². The molecule has 0 saturated carbocycles. The minimum atomic E-state index is -0.0619. The Balaban J connectivity index is 1.54. The number of rotatable bonds is 4. The highest BCUT2D eigenvalue weighted by Gasteiger charge is 2.33. The smallest absolute Gasteiger partial charge is 0.242 e. The van der Waals surface area contributed by atoms with Crippen molar-refractivity contribution in [3.8, 4) is 0 Å². The van der Waals surface area contributed by atoms with Crippen molar-refractivity contribution in [2.45, 2.75) is 45.6 Å². The van der Waals surface area contributed by atoms with E-state index in [9.17, 15) is 9.59 Å². The predicted molar refractivity (Wildman–Crippen MR) is 97.2 cm³/mol. The van der Waals surface area contributed by atoms with Crippen LogP contribution in [0.2, 0.25) is 0 Å². The van der Waals surface area contributed by atoms with Crippen LogP contribution in [0, 0.1) is 12.8 Å². The molecule has 25 heavy (non-hydrogen) atoms. The molecule has 2 aliphatic heterocycles. The molecule has 0 aliphatic carbocycles. The SMILES string of the molecule is CC(=O)N1CCC(CN2CCC[C@H]2C(=O)Nc2cccc(C)n2)CC1. The predicted octanol–water partition coefficient (Wildman–Crippen LogP) is 2.05. The third-order valence-electron chi connectivity index (χ3n) is 5.36. The van der Waals surface area contributed by atoms with Gasteiger partial charge < -0.3 is 10.2 Å². The summed E-state index contributed by atoms with van der Waals surface area (Å²) in [5, 5.41) is 2.97. The molecule has 1 aromatic heterocycles. The highest BCUT2D eigenvalue weighted by molar-refractivity contribution is 5.94. The van der Waals surface area contributed by atoms with E-state index < -0.39 is 0 Å². The van der Waals surface area contributed by atoms with Crippen LogP contribution in [0.5, 0.6) is 0 Å². The number of likely N-dealkylation sites (tertiary alicyclic amines) is 2. The average Bonchev–Trinajstić information content (AvgIpc) is 3.03. The fourth-order valence-electron chi connectivity index (χ4n) is 3.93. The average molecular weight is 344 g/mol. The lowest BCUT2D eigenvalue weighted by Gasteiger charge is -2.34. The number of carbonyl (C=O) groups excluding carboxylic acids is 2. The summed E-state index contributed by atoms with van der Waals surface area (Å²) in [7, 11) is 0. The van der Waals surface area contributed by atoms with E-state index in [0.717, 1.165) is 57.6 Å². The van der Waals surface area contributed by atoms with Crippen LogP contribution in [0.1, 0.15) is 38.3 Å². The number of hydrogen-bond acceptors (Lipinski definition) is 4. The first kappa shape index (κ1) is 17.9. The first-order chi connectivity index (χ1) is 12.0. The second-order valence-electron chi connectivity index (χ2n) is 7.26. The minimum Gasteiger partial charge on any atom is -0.343 e. The summed E-state index contributed by atoms with van der Waals surface area (Å²) in [6.07, 6.45) is 4.03. The van der Waals surface area contributed by atoms with E-state index in [-0.39, 0.29) is 17.9 Å². The molecule has 0 aromatic carbocycles. The van der Waals surface area contributed by atoms with Crippen molar-refractivity contribution in [2.24, 2.45) is 5.92 Å². The van der Waals surface area contributed by atoms with Crippen LogP contribution < -0.4 is 5.32 Å². The van der Waals surface area contributed by atoms with Gasteiger partial charge in [-0.3, -0.25) is 14.5 Å². The molecule has 0 spiro atoms. The highest BCUT2D eigenvalue weighted by atomic mass is 16.2. The van der Waals surface area contributed by atoms with E-state index in [1.807, 2.05) is 30.0 Å². The molecule has 2 fully saturated rings. The van der Waals surface area contributed by atoms with Gasteiger partial charge in [-0.25, -0.2) is 4.98 Å². The van der Waals surface area contributed by atoms with Crippen LogP contribution in [0.3, 0.4) is 0 Å². The van der Waals surface area contributed by atoms with Crippen LogP contribution in [0.4, 0.5) is 5.82 Å². The van der Waals surface area contributed by atoms with Crippen molar-refractivity contribution in [3.63, 3.8) is 0 Å². The Kier molecular flexibility index (Phi) is 5.68. The van der Waals surface area contributed by atoms with Gasteiger partial charge in [-0.2, -0.15) is 0 Å². The first-order valence-electron chi connectivity index (χ1n) is 9.27. The standard InChI is InChI=1S/C19H28N4O2/c1-14-5-3-7-18(20-14)21-19(25)17-6-4-10-23(17)13-16-8-11-22(12-9-16)15(2)24/h3,5,7,16-17H,4,6,8-13H2,1-2H3,(H,20,21,25)/t17-/m0/s1. The number of pyridine rings is 1. The van der Waals surface area contributed by atoms with Crippen LogP contribution in [-0.2, 0) is 9.59 Å². The van der Waals surface area contributed by atoms with Gasteiger partial charge in [-0.05, 0) is 57.2 Å². The molecule has 6 heteroatoms. The molecule has 3 rings (SSSR count).